The second-order valence-corrected chi connectivity index (χ2v) is 7.60. The summed E-state index contributed by atoms with van der Waals surface area (Å²) in [6.45, 7) is 9.22. The van der Waals surface area contributed by atoms with Gasteiger partial charge in [0.25, 0.3) is 0 Å². The van der Waals surface area contributed by atoms with Gasteiger partial charge in [0.05, 0.1) is 6.04 Å². The van der Waals surface area contributed by atoms with Gasteiger partial charge in [-0.1, -0.05) is 11.6 Å². The number of halogens is 1. The number of aryl methyl sites for hydroxylation is 1. The van der Waals surface area contributed by atoms with E-state index in [1.807, 2.05) is 50.8 Å². The first-order valence-electron chi connectivity index (χ1n) is 8.26. The molecule has 1 aliphatic rings. The van der Waals surface area contributed by atoms with E-state index in [9.17, 15) is 4.79 Å². The third kappa shape index (κ3) is 5.31. The van der Waals surface area contributed by atoms with Crippen molar-refractivity contribution in [3.05, 3.63) is 28.8 Å². The van der Waals surface area contributed by atoms with Crippen LogP contribution in [0.5, 0.6) is 0 Å². The number of nitrogens with one attached hydrogen (secondary N) is 1. The number of carbonyl (C=O) groups excluding carboxylic acids is 1. The van der Waals surface area contributed by atoms with Crippen molar-refractivity contribution in [3.8, 4) is 0 Å². The van der Waals surface area contributed by atoms with Gasteiger partial charge in [-0.3, -0.25) is 0 Å². The molecule has 1 aromatic rings. The van der Waals surface area contributed by atoms with Crippen molar-refractivity contribution >= 4 is 23.4 Å². The summed E-state index contributed by atoms with van der Waals surface area (Å²) in [7, 11) is 0. The Balaban J connectivity index is 1.99. The van der Waals surface area contributed by atoms with Crippen LogP contribution in [-0.4, -0.2) is 35.7 Å². The number of rotatable bonds is 3. The van der Waals surface area contributed by atoms with Crippen molar-refractivity contribution in [2.75, 3.05) is 18.4 Å². The monoisotopic (exact) mass is 338 g/mol. The van der Waals surface area contributed by atoms with Crippen LogP contribution in [0.15, 0.2) is 18.2 Å². The first-order chi connectivity index (χ1) is 10.8. The minimum atomic E-state index is -0.459. The molecule has 1 amide bonds. The van der Waals surface area contributed by atoms with E-state index in [1.165, 1.54) is 0 Å². The van der Waals surface area contributed by atoms with Crippen LogP contribution < -0.4 is 5.32 Å². The van der Waals surface area contributed by atoms with Gasteiger partial charge in [0.15, 0.2) is 0 Å². The normalized spacial score (nSPS) is 18.7. The summed E-state index contributed by atoms with van der Waals surface area (Å²) in [6.07, 6.45) is 2.97. The minimum Gasteiger partial charge on any atom is -0.444 e. The number of ether oxygens (including phenoxy) is 1. The molecule has 1 unspecified atom stereocenters. The standard InChI is InChI=1S/C18H27ClN2O2/c1-13-11-14(19)8-9-16(13)20-12-15-7-5-6-10-21(15)17(22)23-18(2,3)4/h8-9,11,15,20H,5-7,10,12H2,1-4H3. The smallest absolute Gasteiger partial charge is 0.410 e. The summed E-state index contributed by atoms with van der Waals surface area (Å²) in [5.41, 5.74) is 1.71. The molecule has 0 aliphatic carbocycles. The van der Waals surface area contributed by atoms with E-state index >= 15 is 0 Å². The maximum Gasteiger partial charge on any atom is 0.410 e. The van der Waals surface area contributed by atoms with Crippen LogP contribution in [0.4, 0.5) is 10.5 Å². The van der Waals surface area contributed by atoms with Gasteiger partial charge in [-0.25, -0.2) is 4.79 Å². The number of hydrogen-bond acceptors (Lipinski definition) is 3. The van der Waals surface area contributed by atoms with E-state index in [0.29, 0.717) is 0 Å². The zero-order valence-corrected chi connectivity index (χ0v) is 15.2. The molecule has 1 fully saturated rings. The first-order valence-corrected chi connectivity index (χ1v) is 8.64. The fraction of sp³-hybridized carbons (Fsp3) is 0.611. The first kappa shape index (κ1) is 17.9. The molecule has 5 heteroatoms. The molecular formula is C18H27ClN2O2. The Morgan fingerprint density at radius 1 is 1.39 bits per heavy atom. The van der Waals surface area contributed by atoms with E-state index < -0.39 is 5.60 Å². The highest BCUT2D eigenvalue weighted by atomic mass is 35.5. The molecule has 4 nitrogen and oxygen atoms in total. The number of carbonyl (C=O) groups is 1. The van der Waals surface area contributed by atoms with Gasteiger partial charge in [-0.05, 0) is 70.7 Å². The zero-order valence-electron chi connectivity index (χ0n) is 14.5. The molecule has 23 heavy (non-hydrogen) atoms. The van der Waals surface area contributed by atoms with Crippen LogP contribution in [0, 0.1) is 6.92 Å². The lowest BCUT2D eigenvalue weighted by Crippen LogP contribution is -2.48. The van der Waals surface area contributed by atoms with Crippen LogP contribution in [0.1, 0.15) is 45.6 Å². The van der Waals surface area contributed by atoms with E-state index in [2.05, 4.69) is 5.32 Å². The molecule has 1 aliphatic heterocycles. The number of nitrogens with zero attached hydrogens (tertiary/aromatic N) is 1. The van der Waals surface area contributed by atoms with Crippen molar-refractivity contribution in [2.45, 2.75) is 58.6 Å². The summed E-state index contributed by atoms with van der Waals surface area (Å²) < 4.78 is 5.54. The van der Waals surface area contributed by atoms with Crippen LogP contribution in [-0.2, 0) is 4.74 Å². The largest absolute Gasteiger partial charge is 0.444 e. The molecular weight excluding hydrogens is 312 g/mol. The maximum atomic E-state index is 12.4. The fourth-order valence-corrected chi connectivity index (χ4v) is 3.05. The molecule has 0 spiro atoms. The number of hydrogen-bond donors (Lipinski definition) is 1. The highest BCUT2D eigenvalue weighted by Crippen LogP contribution is 2.23. The van der Waals surface area contributed by atoms with Crippen LogP contribution in [0.3, 0.4) is 0 Å². The van der Waals surface area contributed by atoms with Crippen molar-refractivity contribution in [1.29, 1.82) is 0 Å². The van der Waals surface area contributed by atoms with Crippen molar-refractivity contribution in [2.24, 2.45) is 0 Å². The lowest BCUT2D eigenvalue weighted by molar-refractivity contribution is 0.0114. The summed E-state index contributed by atoms with van der Waals surface area (Å²) in [5, 5.41) is 4.19. The highest BCUT2D eigenvalue weighted by molar-refractivity contribution is 6.30. The van der Waals surface area contributed by atoms with Gasteiger partial charge < -0.3 is 15.0 Å². The third-order valence-electron chi connectivity index (χ3n) is 3.97. The lowest BCUT2D eigenvalue weighted by atomic mass is 10.0. The Kier molecular flexibility index (Phi) is 5.79. The molecule has 0 bridgehead atoms. The molecule has 0 saturated carbocycles. The second kappa shape index (κ2) is 7.43. The molecule has 0 aromatic heterocycles. The van der Waals surface area contributed by atoms with Gasteiger partial charge in [0.1, 0.15) is 5.60 Å². The Morgan fingerprint density at radius 2 is 2.13 bits per heavy atom. The zero-order chi connectivity index (χ0) is 17.0. The number of piperidine rings is 1. The molecule has 1 saturated heterocycles. The number of benzene rings is 1. The third-order valence-corrected chi connectivity index (χ3v) is 4.21. The predicted molar refractivity (Wildman–Crippen MR) is 95.3 cm³/mol. The highest BCUT2D eigenvalue weighted by Gasteiger charge is 2.30. The van der Waals surface area contributed by atoms with Crippen LogP contribution in [0.2, 0.25) is 5.02 Å². The van der Waals surface area contributed by atoms with Gasteiger partial charge in [-0.15, -0.1) is 0 Å². The van der Waals surface area contributed by atoms with Crippen molar-refractivity contribution < 1.29 is 9.53 Å². The number of amides is 1. The van der Waals surface area contributed by atoms with Gasteiger partial charge in [0.2, 0.25) is 0 Å². The fourth-order valence-electron chi connectivity index (χ4n) is 2.83. The average Bonchev–Trinajstić information content (AvgIpc) is 2.45. The minimum absolute atomic E-state index is 0.161. The quantitative estimate of drug-likeness (QED) is 0.856. The maximum absolute atomic E-state index is 12.4. The van der Waals surface area contributed by atoms with E-state index in [1.54, 1.807) is 0 Å². The van der Waals surface area contributed by atoms with Crippen LogP contribution in [0.25, 0.3) is 0 Å². The molecule has 0 radical (unpaired) electrons. The summed E-state index contributed by atoms with van der Waals surface area (Å²) >= 11 is 5.99. The second-order valence-electron chi connectivity index (χ2n) is 7.16. The van der Waals surface area contributed by atoms with Crippen molar-refractivity contribution in [1.82, 2.24) is 4.90 Å². The summed E-state index contributed by atoms with van der Waals surface area (Å²) in [6, 6.07) is 5.96. The molecule has 1 aromatic carbocycles. The van der Waals surface area contributed by atoms with Gasteiger partial charge in [0, 0.05) is 23.8 Å². The van der Waals surface area contributed by atoms with Gasteiger partial charge >= 0.3 is 6.09 Å². The van der Waals surface area contributed by atoms with Crippen molar-refractivity contribution in [3.63, 3.8) is 0 Å². The average molecular weight is 339 g/mol. The molecule has 1 N–H and O–H groups in total. The number of likely N-dealkylation sites (tertiary alicyclic amines) is 1. The van der Waals surface area contributed by atoms with Gasteiger partial charge in [-0.2, -0.15) is 0 Å². The predicted octanol–water partition coefficient (Wildman–Crippen LogP) is 4.85. The Hall–Kier alpha value is -1.42. The lowest BCUT2D eigenvalue weighted by Gasteiger charge is -2.37. The van der Waals surface area contributed by atoms with E-state index in [-0.39, 0.29) is 12.1 Å². The Labute approximate surface area is 144 Å². The molecule has 1 atom stereocenters. The molecule has 1 heterocycles. The topological polar surface area (TPSA) is 41.6 Å². The van der Waals surface area contributed by atoms with E-state index in [4.69, 9.17) is 16.3 Å². The summed E-state index contributed by atoms with van der Waals surface area (Å²) in [5.74, 6) is 0. The Bertz CT molecular complexity index is 554. The van der Waals surface area contributed by atoms with Crippen LogP contribution >= 0.6 is 11.6 Å². The summed E-state index contributed by atoms with van der Waals surface area (Å²) in [4.78, 5) is 14.3. The molecule has 128 valence electrons. The SMILES string of the molecule is Cc1cc(Cl)ccc1NCC1CCCCN1C(=O)OC(C)(C)C. The van der Waals surface area contributed by atoms with E-state index in [0.717, 1.165) is 48.6 Å². The molecule has 2 rings (SSSR count). The number of anilines is 1. The Morgan fingerprint density at radius 3 is 2.78 bits per heavy atom.